The van der Waals surface area contributed by atoms with Crippen molar-refractivity contribution in [2.45, 2.75) is 414 Å². The number of aliphatic hydroxyl groups is 1. The van der Waals surface area contributed by atoms with Crippen LogP contribution in [0.15, 0.2) is 0 Å². The van der Waals surface area contributed by atoms with Crippen molar-refractivity contribution < 1.29 is 80.2 Å². The summed E-state index contributed by atoms with van der Waals surface area (Å²) in [5, 5.41) is 10.6. The molecule has 0 aliphatic rings. The predicted molar refractivity (Wildman–Crippen MR) is 391 cm³/mol. The second kappa shape index (κ2) is 67.5. The molecule has 0 spiro atoms. The number of carbonyl (C=O) groups is 4. The van der Waals surface area contributed by atoms with Crippen LogP contribution in [-0.2, 0) is 65.4 Å². The lowest BCUT2D eigenvalue weighted by molar-refractivity contribution is -0.161. The molecule has 3 N–H and O–H groups in total. The summed E-state index contributed by atoms with van der Waals surface area (Å²) in [6.45, 7) is 11.9. The highest BCUT2D eigenvalue weighted by molar-refractivity contribution is 7.47. The molecule has 5 atom stereocenters. The SMILES string of the molecule is CCCCCCCCCCCC(=O)OC[C@H](COP(=O)(O)OC[C@H](O)COP(=O)(O)OC[C@@H](COC(=O)CCCCCCCCCCCCCCC(C)C)OC(=O)CCCCCCCCCCCCCCCCCCC(C)C)OC(=O)CCCCCCCCCCCCC(C)C. The molecule has 2 unspecified atom stereocenters. The van der Waals surface area contributed by atoms with Gasteiger partial charge in [0.2, 0.25) is 0 Å². The van der Waals surface area contributed by atoms with E-state index >= 15 is 0 Å². The molecule has 0 aromatic carbocycles. The Hall–Kier alpha value is -1.94. The molecule has 0 saturated heterocycles. The third-order valence-corrected chi connectivity index (χ3v) is 19.8. The summed E-state index contributed by atoms with van der Waals surface area (Å²) in [6, 6.07) is 0. The molecule has 0 amide bonds. The fraction of sp³-hybridized carbons (Fsp3) is 0.948. The second-order valence-corrected chi connectivity index (χ2v) is 32.1. The van der Waals surface area contributed by atoms with Gasteiger partial charge in [0.25, 0.3) is 0 Å². The summed E-state index contributed by atoms with van der Waals surface area (Å²) in [7, 11) is -9.91. The molecular weight excluding hydrogens is 1260 g/mol. The molecule has 0 aliphatic heterocycles. The van der Waals surface area contributed by atoms with Crippen LogP contribution in [0.2, 0.25) is 0 Å². The van der Waals surface area contributed by atoms with Gasteiger partial charge in [0, 0.05) is 25.7 Å². The summed E-state index contributed by atoms with van der Waals surface area (Å²) >= 11 is 0. The number of phosphoric ester groups is 2. The Morgan fingerprint density at radius 1 is 0.281 bits per heavy atom. The van der Waals surface area contributed by atoms with E-state index in [-0.39, 0.29) is 25.7 Å². The first-order valence-corrected chi connectivity index (χ1v) is 42.8. The van der Waals surface area contributed by atoms with Gasteiger partial charge < -0.3 is 33.8 Å². The van der Waals surface area contributed by atoms with E-state index in [1.54, 1.807) is 0 Å². The third-order valence-electron chi connectivity index (χ3n) is 17.9. The summed E-state index contributed by atoms with van der Waals surface area (Å²) in [5.41, 5.74) is 0. The fourth-order valence-corrected chi connectivity index (χ4v) is 13.4. The van der Waals surface area contributed by atoms with Gasteiger partial charge in [-0.15, -0.1) is 0 Å². The van der Waals surface area contributed by atoms with Gasteiger partial charge in [-0.2, -0.15) is 0 Å². The quantitative estimate of drug-likeness (QED) is 0.0222. The van der Waals surface area contributed by atoms with Crippen LogP contribution in [0.3, 0.4) is 0 Å². The van der Waals surface area contributed by atoms with Crippen molar-refractivity contribution in [3.05, 3.63) is 0 Å². The van der Waals surface area contributed by atoms with Gasteiger partial charge in [-0.25, -0.2) is 9.13 Å². The lowest BCUT2D eigenvalue weighted by atomic mass is 10.0. The molecule has 0 radical (unpaired) electrons. The summed E-state index contributed by atoms with van der Waals surface area (Å²) in [5.74, 6) is 0.226. The molecular formula is C77H150O17P2. The van der Waals surface area contributed by atoms with E-state index in [9.17, 15) is 43.2 Å². The van der Waals surface area contributed by atoms with Gasteiger partial charge in [-0.3, -0.25) is 37.3 Å². The van der Waals surface area contributed by atoms with Gasteiger partial charge >= 0.3 is 39.5 Å². The average Bonchev–Trinajstić information content (AvgIpc) is 2.53. The van der Waals surface area contributed by atoms with Gasteiger partial charge in [0.1, 0.15) is 19.3 Å². The predicted octanol–water partition coefficient (Wildman–Crippen LogP) is 22.6. The molecule has 96 heavy (non-hydrogen) atoms. The fourth-order valence-electron chi connectivity index (χ4n) is 11.8. The minimum atomic E-state index is -4.96. The van der Waals surface area contributed by atoms with Gasteiger partial charge in [0.05, 0.1) is 26.4 Å². The number of ether oxygens (including phenoxy) is 4. The zero-order valence-corrected chi connectivity index (χ0v) is 64.6. The highest BCUT2D eigenvalue weighted by atomic mass is 31.2. The van der Waals surface area contributed by atoms with E-state index in [4.69, 9.17) is 37.0 Å². The Bertz CT molecular complexity index is 1870. The standard InChI is InChI=1S/C77H150O17P2/c1-8-9-10-11-12-27-37-44-51-58-74(79)87-64-72(94-77(82)61-54-47-40-33-26-25-30-36-43-50-57-70(6)7)66-91-95(83,84)89-62-71(78)63-90-96(85,86)92-67-73(65-88-75(80)59-52-45-38-31-23-20-19-22-29-35-42-49-56-69(4)5)93-76(81)60-53-46-39-32-24-18-16-14-13-15-17-21-28-34-41-48-55-68(2)3/h68-73,78H,8-67H2,1-7H3,(H,83,84)(H,85,86)/t71-,72+,73+/m0/s1. The van der Waals surface area contributed by atoms with Crippen LogP contribution in [0.4, 0.5) is 0 Å². The molecule has 19 heteroatoms. The first-order chi connectivity index (χ1) is 46.2. The van der Waals surface area contributed by atoms with Crippen molar-refractivity contribution >= 4 is 39.5 Å². The lowest BCUT2D eigenvalue weighted by Crippen LogP contribution is -2.30. The number of hydrogen-bond donors (Lipinski definition) is 3. The maximum absolute atomic E-state index is 13.1. The summed E-state index contributed by atoms with van der Waals surface area (Å²) in [6.07, 6.45) is 54.1. The van der Waals surface area contributed by atoms with Crippen molar-refractivity contribution in [2.75, 3.05) is 39.6 Å². The van der Waals surface area contributed by atoms with Crippen LogP contribution in [0.5, 0.6) is 0 Å². The van der Waals surface area contributed by atoms with Crippen LogP contribution in [-0.4, -0.2) is 96.7 Å². The molecule has 0 aromatic rings. The maximum atomic E-state index is 13.1. The van der Waals surface area contributed by atoms with Crippen LogP contribution < -0.4 is 0 Å². The molecule has 0 rings (SSSR count). The minimum absolute atomic E-state index is 0.106. The Labute approximate surface area is 588 Å². The van der Waals surface area contributed by atoms with E-state index in [0.717, 1.165) is 108 Å². The Morgan fingerprint density at radius 3 is 0.708 bits per heavy atom. The lowest BCUT2D eigenvalue weighted by Gasteiger charge is -2.21. The van der Waals surface area contributed by atoms with Crippen LogP contribution in [0.25, 0.3) is 0 Å². The van der Waals surface area contributed by atoms with E-state index in [1.807, 2.05) is 0 Å². The normalized spacial score (nSPS) is 14.1. The second-order valence-electron chi connectivity index (χ2n) is 29.2. The van der Waals surface area contributed by atoms with E-state index < -0.39 is 97.5 Å². The Morgan fingerprint density at radius 2 is 0.479 bits per heavy atom. The van der Waals surface area contributed by atoms with Crippen molar-refractivity contribution in [2.24, 2.45) is 17.8 Å². The number of carbonyl (C=O) groups excluding carboxylic acids is 4. The van der Waals surface area contributed by atoms with Crippen molar-refractivity contribution in [3.8, 4) is 0 Å². The average molecular weight is 1410 g/mol. The zero-order chi connectivity index (χ0) is 70.9. The first kappa shape index (κ1) is 94.1. The number of esters is 4. The number of rotatable bonds is 75. The summed E-state index contributed by atoms with van der Waals surface area (Å²) < 4.78 is 68.5. The number of hydrogen-bond acceptors (Lipinski definition) is 15. The highest BCUT2D eigenvalue weighted by Crippen LogP contribution is 2.45. The first-order valence-electron chi connectivity index (χ1n) is 39.8. The van der Waals surface area contributed by atoms with E-state index in [2.05, 4.69) is 48.5 Å². The molecule has 17 nitrogen and oxygen atoms in total. The molecule has 570 valence electrons. The van der Waals surface area contributed by atoms with Crippen LogP contribution in [0.1, 0.15) is 395 Å². The smallest absolute Gasteiger partial charge is 0.462 e. The molecule has 0 bridgehead atoms. The van der Waals surface area contributed by atoms with Crippen LogP contribution in [0, 0.1) is 17.8 Å². The number of aliphatic hydroxyl groups excluding tert-OH is 1. The highest BCUT2D eigenvalue weighted by Gasteiger charge is 2.30. The topological polar surface area (TPSA) is 237 Å². The van der Waals surface area contributed by atoms with Crippen molar-refractivity contribution in [1.29, 1.82) is 0 Å². The van der Waals surface area contributed by atoms with E-state index in [1.165, 1.54) is 205 Å². The zero-order valence-electron chi connectivity index (χ0n) is 62.8. The maximum Gasteiger partial charge on any atom is 0.472 e. The Kier molecular flexibility index (Phi) is 66.2. The molecule has 0 aliphatic carbocycles. The monoisotopic (exact) mass is 1410 g/mol. The minimum Gasteiger partial charge on any atom is -0.462 e. The number of unbranched alkanes of at least 4 members (excludes halogenated alkanes) is 43. The molecule has 0 aromatic heterocycles. The molecule has 0 saturated carbocycles. The number of phosphoric acid groups is 2. The van der Waals surface area contributed by atoms with E-state index in [0.29, 0.717) is 25.7 Å². The van der Waals surface area contributed by atoms with Gasteiger partial charge in [0.15, 0.2) is 12.2 Å². The molecule has 0 heterocycles. The van der Waals surface area contributed by atoms with Crippen LogP contribution >= 0.6 is 15.6 Å². The summed E-state index contributed by atoms with van der Waals surface area (Å²) in [4.78, 5) is 72.8. The van der Waals surface area contributed by atoms with Crippen molar-refractivity contribution in [3.63, 3.8) is 0 Å². The Balaban J connectivity index is 5.23. The largest absolute Gasteiger partial charge is 0.472 e. The third kappa shape index (κ3) is 70.5. The van der Waals surface area contributed by atoms with Gasteiger partial charge in [-0.1, -0.05) is 344 Å². The van der Waals surface area contributed by atoms with Crippen molar-refractivity contribution in [1.82, 2.24) is 0 Å². The molecule has 0 fully saturated rings. The van der Waals surface area contributed by atoms with Gasteiger partial charge in [-0.05, 0) is 43.4 Å².